The van der Waals surface area contributed by atoms with E-state index in [2.05, 4.69) is 25.2 Å². The molecular weight excluding hydrogens is 402 g/mol. The van der Waals surface area contributed by atoms with E-state index in [9.17, 15) is 13.6 Å². The fourth-order valence-corrected chi connectivity index (χ4v) is 4.69. The molecule has 2 fully saturated rings. The molecule has 164 valence electrons. The van der Waals surface area contributed by atoms with Crippen molar-refractivity contribution in [2.45, 2.75) is 37.3 Å². The van der Waals surface area contributed by atoms with E-state index < -0.39 is 24.8 Å². The fourth-order valence-electron chi connectivity index (χ4n) is 4.69. The molecule has 2 aromatic rings. The number of amides is 1. The summed E-state index contributed by atoms with van der Waals surface area (Å²) in [5.41, 5.74) is 2.75. The normalized spacial score (nSPS) is 26.2. The first kappa shape index (κ1) is 20.2. The SMILES string of the molecule is CN1CCC(NC(=O)C2CN(c3ccc(C4C=N4)c4nccnc34)CC(F)(F)C2)CC1. The van der Waals surface area contributed by atoms with Gasteiger partial charge in [-0.25, -0.2) is 8.78 Å². The number of hydrogen-bond acceptors (Lipinski definition) is 6. The Morgan fingerprint density at radius 3 is 2.58 bits per heavy atom. The van der Waals surface area contributed by atoms with Gasteiger partial charge in [0.1, 0.15) is 11.6 Å². The summed E-state index contributed by atoms with van der Waals surface area (Å²) in [5.74, 6) is -4.02. The molecule has 9 heteroatoms. The molecule has 2 saturated heterocycles. The Morgan fingerprint density at radius 1 is 1.16 bits per heavy atom. The number of nitrogens with one attached hydrogen (secondary N) is 1. The molecule has 2 atom stereocenters. The number of halogens is 2. The third-order valence-electron chi connectivity index (χ3n) is 6.44. The van der Waals surface area contributed by atoms with Gasteiger partial charge in [-0.1, -0.05) is 6.07 Å². The van der Waals surface area contributed by atoms with Crippen molar-refractivity contribution < 1.29 is 13.6 Å². The first-order valence-electron chi connectivity index (χ1n) is 10.8. The van der Waals surface area contributed by atoms with E-state index in [1.807, 2.05) is 19.3 Å². The highest BCUT2D eigenvalue weighted by atomic mass is 19.3. The minimum Gasteiger partial charge on any atom is -0.363 e. The Hall–Kier alpha value is -2.68. The maximum Gasteiger partial charge on any atom is 0.266 e. The molecule has 1 N–H and O–H groups in total. The number of aromatic nitrogens is 2. The standard InChI is InChI=1S/C22H26F2N6O/c1-29-8-4-15(5-9-29)28-21(31)14-10-22(23,24)13-30(12-14)18-3-2-16(17-11-27-17)19-20(18)26-7-6-25-19/h2-3,6-7,11,14-15,17H,4-5,8-10,12-13H2,1H3,(H,28,31). The van der Waals surface area contributed by atoms with Crippen LogP contribution in [-0.4, -0.2) is 72.2 Å². The summed E-state index contributed by atoms with van der Waals surface area (Å²) in [6.07, 6.45) is 6.25. The van der Waals surface area contributed by atoms with Crippen LogP contribution < -0.4 is 10.2 Å². The molecule has 0 bridgehead atoms. The Kier molecular flexibility index (Phi) is 5.08. The zero-order chi connectivity index (χ0) is 21.6. The van der Waals surface area contributed by atoms with Crippen LogP contribution in [0.2, 0.25) is 0 Å². The summed E-state index contributed by atoms with van der Waals surface area (Å²) in [7, 11) is 2.05. The summed E-state index contributed by atoms with van der Waals surface area (Å²) < 4.78 is 29.4. The number of hydrogen-bond donors (Lipinski definition) is 1. The molecule has 7 nitrogen and oxygen atoms in total. The molecule has 31 heavy (non-hydrogen) atoms. The molecule has 2 unspecified atom stereocenters. The van der Waals surface area contributed by atoms with E-state index in [0.717, 1.165) is 31.5 Å². The lowest BCUT2D eigenvalue weighted by molar-refractivity contribution is -0.130. The van der Waals surface area contributed by atoms with Crippen molar-refractivity contribution in [3.8, 4) is 0 Å². The van der Waals surface area contributed by atoms with E-state index in [-0.39, 0.29) is 24.5 Å². The Bertz CT molecular complexity index is 1010. The minimum atomic E-state index is -2.96. The lowest BCUT2D eigenvalue weighted by Crippen LogP contribution is -2.53. The second kappa shape index (κ2) is 7.78. The number of aliphatic imine (C=N–C) groups is 1. The lowest BCUT2D eigenvalue weighted by Gasteiger charge is -2.39. The number of nitrogens with zero attached hydrogens (tertiary/aromatic N) is 5. The Labute approximate surface area is 179 Å². The molecule has 1 amide bonds. The number of carbonyl (C=O) groups is 1. The average molecular weight is 428 g/mol. The average Bonchev–Trinajstić information content (AvgIpc) is 3.58. The molecular formula is C22H26F2N6O. The quantitative estimate of drug-likeness (QED) is 0.810. The summed E-state index contributed by atoms with van der Waals surface area (Å²) >= 11 is 0. The van der Waals surface area contributed by atoms with E-state index in [1.54, 1.807) is 23.4 Å². The summed E-state index contributed by atoms with van der Waals surface area (Å²) in [5, 5.41) is 3.02. The van der Waals surface area contributed by atoms with E-state index in [1.165, 1.54) is 0 Å². The van der Waals surface area contributed by atoms with E-state index in [0.29, 0.717) is 16.7 Å². The van der Waals surface area contributed by atoms with Gasteiger partial charge in [-0.05, 0) is 39.0 Å². The van der Waals surface area contributed by atoms with Gasteiger partial charge in [-0.2, -0.15) is 0 Å². The number of likely N-dealkylation sites (tertiary alicyclic amines) is 1. The molecule has 3 aliphatic rings. The molecule has 3 aliphatic heterocycles. The first-order valence-corrected chi connectivity index (χ1v) is 10.8. The lowest BCUT2D eigenvalue weighted by atomic mass is 9.92. The van der Waals surface area contributed by atoms with Crippen LogP contribution in [0.5, 0.6) is 0 Å². The van der Waals surface area contributed by atoms with Crippen LogP contribution in [0.15, 0.2) is 29.5 Å². The van der Waals surface area contributed by atoms with Crippen molar-refractivity contribution in [1.82, 2.24) is 20.2 Å². The molecule has 0 aliphatic carbocycles. The van der Waals surface area contributed by atoms with Gasteiger partial charge in [0.05, 0.1) is 23.7 Å². The third kappa shape index (κ3) is 4.23. The molecule has 5 rings (SSSR count). The van der Waals surface area contributed by atoms with Gasteiger partial charge in [-0.15, -0.1) is 0 Å². The van der Waals surface area contributed by atoms with Crippen LogP contribution in [0.25, 0.3) is 11.0 Å². The van der Waals surface area contributed by atoms with E-state index >= 15 is 0 Å². The zero-order valence-electron chi connectivity index (χ0n) is 17.5. The van der Waals surface area contributed by atoms with Crippen LogP contribution in [0.4, 0.5) is 14.5 Å². The van der Waals surface area contributed by atoms with Crippen LogP contribution in [0, 0.1) is 5.92 Å². The van der Waals surface area contributed by atoms with Crippen molar-refractivity contribution in [1.29, 1.82) is 0 Å². The predicted molar refractivity (Wildman–Crippen MR) is 115 cm³/mol. The van der Waals surface area contributed by atoms with Gasteiger partial charge < -0.3 is 15.1 Å². The van der Waals surface area contributed by atoms with Crippen molar-refractivity contribution >= 4 is 28.8 Å². The van der Waals surface area contributed by atoms with Crippen molar-refractivity contribution in [3.63, 3.8) is 0 Å². The Balaban J connectivity index is 1.38. The summed E-state index contributed by atoms with van der Waals surface area (Å²) in [4.78, 5) is 29.8. The van der Waals surface area contributed by atoms with Gasteiger partial charge in [0.2, 0.25) is 5.91 Å². The minimum absolute atomic E-state index is 0.0101. The highest BCUT2D eigenvalue weighted by Gasteiger charge is 2.44. The molecule has 0 radical (unpaired) electrons. The first-order chi connectivity index (χ1) is 14.9. The number of alkyl halides is 2. The van der Waals surface area contributed by atoms with Crippen LogP contribution in [0.3, 0.4) is 0 Å². The monoisotopic (exact) mass is 428 g/mol. The number of fused-ring (bicyclic) bond motifs is 1. The molecule has 0 saturated carbocycles. The number of benzene rings is 1. The van der Waals surface area contributed by atoms with Gasteiger partial charge in [0.25, 0.3) is 5.92 Å². The zero-order valence-corrected chi connectivity index (χ0v) is 17.5. The van der Waals surface area contributed by atoms with Crippen LogP contribution >= 0.6 is 0 Å². The van der Waals surface area contributed by atoms with Gasteiger partial charge in [-0.3, -0.25) is 19.8 Å². The fraction of sp³-hybridized carbons (Fsp3) is 0.545. The maximum absolute atomic E-state index is 14.7. The number of carbonyl (C=O) groups excluding carboxylic acids is 1. The van der Waals surface area contributed by atoms with Crippen molar-refractivity contribution in [2.24, 2.45) is 10.9 Å². The van der Waals surface area contributed by atoms with Crippen LogP contribution in [-0.2, 0) is 4.79 Å². The van der Waals surface area contributed by atoms with Gasteiger partial charge >= 0.3 is 0 Å². The Morgan fingerprint density at radius 2 is 1.87 bits per heavy atom. The number of piperidine rings is 2. The molecule has 0 spiro atoms. The highest BCUT2D eigenvalue weighted by molar-refractivity contribution is 5.95. The summed E-state index contributed by atoms with van der Waals surface area (Å²) in [6, 6.07) is 3.73. The van der Waals surface area contributed by atoms with E-state index in [4.69, 9.17) is 0 Å². The largest absolute Gasteiger partial charge is 0.363 e. The van der Waals surface area contributed by atoms with Crippen molar-refractivity contribution in [2.75, 3.05) is 38.1 Å². The topological polar surface area (TPSA) is 73.7 Å². The second-order valence-corrected chi connectivity index (χ2v) is 8.89. The van der Waals surface area contributed by atoms with Crippen molar-refractivity contribution in [3.05, 3.63) is 30.1 Å². The van der Waals surface area contributed by atoms with Crippen LogP contribution in [0.1, 0.15) is 30.9 Å². The smallest absolute Gasteiger partial charge is 0.266 e. The highest BCUT2D eigenvalue weighted by Crippen LogP contribution is 2.38. The molecule has 1 aromatic carbocycles. The summed E-state index contributed by atoms with van der Waals surface area (Å²) in [6.45, 7) is 1.61. The number of rotatable bonds is 4. The van der Waals surface area contributed by atoms with Gasteiger partial charge in [0.15, 0.2) is 0 Å². The third-order valence-corrected chi connectivity index (χ3v) is 6.44. The molecule has 1 aromatic heterocycles. The second-order valence-electron chi connectivity index (χ2n) is 8.89. The maximum atomic E-state index is 14.7. The predicted octanol–water partition coefficient (Wildman–Crippen LogP) is 2.43. The van der Waals surface area contributed by atoms with Gasteiger partial charge in [0, 0.05) is 43.2 Å². The number of anilines is 1. The molecule has 4 heterocycles.